The van der Waals surface area contributed by atoms with Gasteiger partial charge in [0.25, 0.3) is 0 Å². The molecule has 0 aliphatic carbocycles. The molecule has 116 valence electrons. The van der Waals surface area contributed by atoms with Gasteiger partial charge in [-0.15, -0.1) is 0 Å². The van der Waals surface area contributed by atoms with Crippen molar-refractivity contribution in [2.24, 2.45) is 0 Å². The van der Waals surface area contributed by atoms with Crippen LogP contribution in [0.4, 0.5) is 5.95 Å². The van der Waals surface area contributed by atoms with E-state index in [1.165, 1.54) is 6.42 Å². The van der Waals surface area contributed by atoms with Crippen LogP contribution in [0.2, 0.25) is 0 Å². The van der Waals surface area contributed by atoms with E-state index in [-0.39, 0.29) is 5.97 Å². The van der Waals surface area contributed by atoms with Crippen LogP contribution in [0, 0.1) is 6.92 Å². The van der Waals surface area contributed by atoms with Crippen LogP contribution in [0.1, 0.15) is 42.7 Å². The second-order valence-corrected chi connectivity index (χ2v) is 5.29. The number of piperidine rings is 1. The van der Waals surface area contributed by atoms with Gasteiger partial charge in [-0.1, -0.05) is 6.92 Å². The standard InChI is InChI=1S/C15H24N4O2/c1-4-19-8-6-7-12(10-19)18-15-16-9-13(11(3)17-15)14(20)21-5-2/h9,12H,4-8,10H2,1-3H3,(H,16,17,18). The zero-order valence-electron chi connectivity index (χ0n) is 13.1. The lowest BCUT2D eigenvalue weighted by Crippen LogP contribution is -2.42. The van der Waals surface area contributed by atoms with Gasteiger partial charge >= 0.3 is 5.97 Å². The van der Waals surface area contributed by atoms with Gasteiger partial charge in [0.15, 0.2) is 0 Å². The number of esters is 1. The summed E-state index contributed by atoms with van der Waals surface area (Å²) in [7, 11) is 0. The highest BCUT2D eigenvalue weighted by Gasteiger charge is 2.20. The fourth-order valence-corrected chi connectivity index (χ4v) is 2.59. The number of nitrogens with one attached hydrogen (secondary N) is 1. The monoisotopic (exact) mass is 292 g/mol. The first kappa shape index (κ1) is 15.7. The van der Waals surface area contributed by atoms with Crippen molar-refractivity contribution >= 4 is 11.9 Å². The molecule has 1 aromatic heterocycles. The number of carbonyl (C=O) groups is 1. The zero-order chi connectivity index (χ0) is 15.2. The van der Waals surface area contributed by atoms with E-state index < -0.39 is 0 Å². The Morgan fingerprint density at radius 1 is 1.52 bits per heavy atom. The number of anilines is 1. The van der Waals surface area contributed by atoms with Crippen molar-refractivity contribution in [2.75, 3.05) is 31.6 Å². The van der Waals surface area contributed by atoms with Gasteiger partial charge in [0, 0.05) is 18.8 Å². The lowest BCUT2D eigenvalue weighted by molar-refractivity contribution is 0.0524. The minimum atomic E-state index is -0.364. The van der Waals surface area contributed by atoms with Crippen LogP contribution in [0.25, 0.3) is 0 Å². The third kappa shape index (κ3) is 4.14. The maximum Gasteiger partial charge on any atom is 0.341 e. The lowest BCUT2D eigenvalue weighted by Gasteiger charge is -2.32. The van der Waals surface area contributed by atoms with E-state index in [1.54, 1.807) is 20.0 Å². The number of aromatic nitrogens is 2. The first-order chi connectivity index (χ1) is 10.1. The van der Waals surface area contributed by atoms with Gasteiger partial charge < -0.3 is 15.0 Å². The summed E-state index contributed by atoms with van der Waals surface area (Å²) in [6, 6.07) is 0.367. The Hall–Kier alpha value is -1.69. The molecular formula is C15H24N4O2. The van der Waals surface area contributed by atoms with Crippen LogP contribution < -0.4 is 5.32 Å². The molecule has 1 N–H and O–H groups in total. The molecule has 21 heavy (non-hydrogen) atoms. The van der Waals surface area contributed by atoms with Crippen molar-refractivity contribution in [3.8, 4) is 0 Å². The second-order valence-electron chi connectivity index (χ2n) is 5.29. The van der Waals surface area contributed by atoms with Crippen molar-refractivity contribution < 1.29 is 9.53 Å². The third-order valence-corrected chi connectivity index (χ3v) is 3.76. The molecule has 1 aromatic rings. The van der Waals surface area contributed by atoms with Crippen molar-refractivity contribution in [1.82, 2.24) is 14.9 Å². The molecule has 1 atom stereocenters. The Balaban J connectivity index is 2.01. The maximum atomic E-state index is 11.7. The van der Waals surface area contributed by atoms with Crippen LogP contribution in [0.3, 0.4) is 0 Å². The fraction of sp³-hybridized carbons (Fsp3) is 0.667. The number of carbonyl (C=O) groups excluding carboxylic acids is 1. The number of hydrogen-bond acceptors (Lipinski definition) is 6. The number of ether oxygens (including phenoxy) is 1. The number of hydrogen-bond donors (Lipinski definition) is 1. The van der Waals surface area contributed by atoms with Gasteiger partial charge in [-0.05, 0) is 39.8 Å². The van der Waals surface area contributed by atoms with Crippen LogP contribution in [0.15, 0.2) is 6.20 Å². The summed E-state index contributed by atoms with van der Waals surface area (Å²) in [4.78, 5) is 22.8. The fourth-order valence-electron chi connectivity index (χ4n) is 2.59. The summed E-state index contributed by atoms with van der Waals surface area (Å²) in [5, 5.41) is 3.37. The highest BCUT2D eigenvalue weighted by Crippen LogP contribution is 2.15. The smallest absolute Gasteiger partial charge is 0.341 e. The average molecular weight is 292 g/mol. The van der Waals surface area contributed by atoms with E-state index in [4.69, 9.17) is 4.74 Å². The van der Waals surface area contributed by atoms with Crippen molar-refractivity contribution in [3.63, 3.8) is 0 Å². The molecule has 1 fully saturated rings. The van der Waals surface area contributed by atoms with Gasteiger partial charge in [-0.25, -0.2) is 14.8 Å². The number of likely N-dealkylation sites (tertiary alicyclic amines) is 1. The summed E-state index contributed by atoms with van der Waals surface area (Å²) < 4.78 is 4.98. The molecule has 1 saturated heterocycles. The average Bonchev–Trinajstić information content (AvgIpc) is 2.47. The Kier molecular flexibility index (Phi) is 5.50. The van der Waals surface area contributed by atoms with Gasteiger partial charge in [0.1, 0.15) is 0 Å². The van der Waals surface area contributed by atoms with E-state index >= 15 is 0 Å². The van der Waals surface area contributed by atoms with Gasteiger partial charge in [-0.2, -0.15) is 0 Å². The highest BCUT2D eigenvalue weighted by molar-refractivity contribution is 5.90. The van der Waals surface area contributed by atoms with Gasteiger partial charge in [0.05, 0.1) is 17.9 Å². The Labute approximate surface area is 125 Å². The maximum absolute atomic E-state index is 11.7. The summed E-state index contributed by atoms with van der Waals surface area (Å²) in [5.41, 5.74) is 1.08. The van der Waals surface area contributed by atoms with Crippen LogP contribution in [0.5, 0.6) is 0 Å². The largest absolute Gasteiger partial charge is 0.462 e. The van der Waals surface area contributed by atoms with Crippen molar-refractivity contribution in [2.45, 2.75) is 39.7 Å². The Morgan fingerprint density at radius 3 is 3.00 bits per heavy atom. The summed E-state index contributed by atoms with van der Waals surface area (Å²) in [6.07, 6.45) is 3.85. The first-order valence-corrected chi connectivity index (χ1v) is 7.63. The second kappa shape index (κ2) is 7.36. The predicted molar refractivity (Wildman–Crippen MR) is 81.5 cm³/mol. The van der Waals surface area contributed by atoms with E-state index in [0.717, 1.165) is 26.1 Å². The van der Waals surface area contributed by atoms with Crippen LogP contribution in [-0.2, 0) is 4.74 Å². The van der Waals surface area contributed by atoms with E-state index in [2.05, 4.69) is 27.1 Å². The molecule has 6 nitrogen and oxygen atoms in total. The lowest BCUT2D eigenvalue weighted by atomic mass is 10.1. The highest BCUT2D eigenvalue weighted by atomic mass is 16.5. The molecule has 2 rings (SSSR count). The molecule has 2 heterocycles. The minimum Gasteiger partial charge on any atom is -0.462 e. The first-order valence-electron chi connectivity index (χ1n) is 7.63. The predicted octanol–water partition coefficient (Wildman–Crippen LogP) is 1.86. The molecule has 0 radical (unpaired) electrons. The molecule has 1 aliphatic rings. The van der Waals surface area contributed by atoms with Crippen LogP contribution >= 0.6 is 0 Å². The van der Waals surface area contributed by atoms with E-state index in [1.807, 2.05) is 0 Å². The van der Waals surface area contributed by atoms with Gasteiger partial charge in [-0.3, -0.25) is 0 Å². The molecule has 1 aliphatic heterocycles. The molecule has 6 heteroatoms. The molecule has 0 amide bonds. The number of likely N-dealkylation sites (N-methyl/N-ethyl adjacent to an activating group) is 1. The summed E-state index contributed by atoms with van der Waals surface area (Å²) in [5.74, 6) is 0.222. The number of nitrogens with zero attached hydrogens (tertiary/aromatic N) is 3. The van der Waals surface area contributed by atoms with Crippen LogP contribution in [-0.4, -0.2) is 53.1 Å². The number of rotatable bonds is 5. The summed E-state index contributed by atoms with van der Waals surface area (Å²) in [6.45, 7) is 9.37. The molecule has 0 aromatic carbocycles. The number of aryl methyl sites for hydroxylation is 1. The van der Waals surface area contributed by atoms with E-state index in [9.17, 15) is 4.79 Å². The third-order valence-electron chi connectivity index (χ3n) is 3.76. The SMILES string of the molecule is CCOC(=O)c1cnc(NC2CCCN(CC)C2)nc1C. The van der Waals surface area contributed by atoms with E-state index in [0.29, 0.717) is 29.9 Å². The normalized spacial score (nSPS) is 19.3. The topological polar surface area (TPSA) is 67.3 Å². The summed E-state index contributed by atoms with van der Waals surface area (Å²) >= 11 is 0. The molecule has 0 bridgehead atoms. The molecule has 0 spiro atoms. The molecule has 0 saturated carbocycles. The van der Waals surface area contributed by atoms with Crippen molar-refractivity contribution in [1.29, 1.82) is 0 Å². The zero-order valence-corrected chi connectivity index (χ0v) is 13.1. The van der Waals surface area contributed by atoms with Gasteiger partial charge in [0.2, 0.25) is 5.95 Å². The molecular weight excluding hydrogens is 268 g/mol. The van der Waals surface area contributed by atoms with Crippen molar-refractivity contribution in [3.05, 3.63) is 17.5 Å². The minimum absolute atomic E-state index is 0.354. The Morgan fingerprint density at radius 2 is 2.33 bits per heavy atom. The molecule has 1 unspecified atom stereocenters. The Bertz CT molecular complexity index is 493. The quantitative estimate of drug-likeness (QED) is 0.836.